The van der Waals surface area contributed by atoms with Crippen molar-refractivity contribution in [1.82, 2.24) is 10.6 Å². The van der Waals surface area contributed by atoms with Crippen LogP contribution < -0.4 is 15.5 Å². The number of benzene rings is 1. The van der Waals surface area contributed by atoms with Crippen LogP contribution in [0.5, 0.6) is 0 Å². The SMILES string of the molecule is COC(=O)CNC(=O)N[C@@H](C)C(=O)N1CCc2ccccc21. The summed E-state index contributed by atoms with van der Waals surface area (Å²) in [5.74, 6) is -0.735. The number of para-hydroxylation sites is 1. The van der Waals surface area contributed by atoms with Gasteiger partial charge in [0.05, 0.1) is 7.11 Å². The van der Waals surface area contributed by atoms with Crippen LogP contribution in [0.15, 0.2) is 24.3 Å². The van der Waals surface area contributed by atoms with Crippen molar-refractivity contribution in [3.8, 4) is 0 Å². The highest BCUT2D eigenvalue weighted by molar-refractivity contribution is 6.00. The summed E-state index contributed by atoms with van der Waals surface area (Å²) >= 11 is 0. The van der Waals surface area contributed by atoms with E-state index in [0.29, 0.717) is 6.54 Å². The summed E-state index contributed by atoms with van der Waals surface area (Å²) in [4.78, 5) is 36.7. The van der Waals surface area contributed by atoms with Gasteiger partial charge in [-0.05, 0) is 25.0 Å². The van der Waals surface area contributed by atoms with E-state index in [4.69, 9.17) is 0 Å². The first-order chi connectivity index (χ1) is 10.5. The zero-order chi connectivity index (χ0) is 16.1. The number of methoxy groups -OCH3 is 1. The lowest BCUT2D eigenvalue weighted by Gasteiger charge is -2.22. The molecule has 1 atom stereocenters. The first-order valence-electron chi connectivity index (χ1n) is 7.03. The molecule has 0 unspecified atom stereocenters. The van der Waals surface area contributed by atoms with E-state index in [9.17, 15) is 14.4 Å². The van der Waals surface area contributed by atoms with Crippen molar-refractivity contribution in [3.63, 3.8) is 0 Å². The van der Waals surface area contributed by atoms with E-state index in [1.165, 1.54) is 7.11 Å². The molecule has 22 heavy (non-hydrogen) atoms. The maximum absolute atomic E-state index is 12.4. The van der Waals surface area contributed by atoms with E-state index in [1.807, 2.05) is 24.3 Å². The first kappa shape index (κ1) is 15.8. The second-order valence-electron chi connectivity index (χ2n) is 4.99. The number of fused-ring (bicyclic) bond motifs is 1. The third-order valence-electron chi connectivity index (χ3n) is 3.49. The molecule has 0 saturated heterocycles. The Kier molecular flexibility index (Phi) is 4.98. The number of rotatable bonds is 4. The Bertz CT molecular complexity index is 588. The van der Waals surface area contributed by atoms with Crippen LogP contribution in [0.1, 0.15) is 12.5 Å². The minimum Gasteiger partial charge on any atom is -0.468 e. The molecule has 0 aromatic heterocycles. The van der Waals surface area contributed by atoms with Gasteiger partial charge in [0.1, 0.15) is 12.6 Å². The van der Waals surface area contributed by atoms with Crippen LogP contribution in [-0.2, 0) is 20.7 Å². The average Bonchev–Trinajstić information content (AvgIpc) is 2.95. The largest absolute Gasteiger partial charge is 0.468 e. The quantitative estimate of drug-likeness (QED) is 0.790. The number of urea groups is 1. The number of amides is 3. The third-order valence-corrected chi connectivity index (χ3v) is 3.49. The second-order valence-corrected chi connectivity index (χ2v) is 4.99. The lowest BCUT2D eigenvalue weighted by Crippen LogP contribution is -2.50. The molecule has 0 aliphatic carbocycles. The van der Waals surface area contributed by atoms with E-state index in [1.54, 1.807) is 11.8 Å². The summed E-state index contributed by atoms with van der Waals surface area (Å²) in [6.45, 7) is 1.98. The second kappa shape index (κ2) is 6.93. The summed E-state index contributed by atoms with van der Waals surface area (Å²) < 4.78 is 4.42. The maximum Gasteiger partial charge on any atom is 0.325 e. The van der Waals surface area contributed by atoms with Crippen molar-refractivity contribution in [2.24, 2.45) is 0 Å². The van der Waals surface area contributed by atoms with Crippen LogP contribution in [0.4, 0.5) is 10.5 Å². The Morgan fingerprint density at radius 1 is 1.32 bits per heavy atom. The molecule has 1 heterocycles. The summed E-state index contributed by atoms with van der Waals surface area (Å²) in [5.41, 5.74) is 2.01. The molecule has 7 nitrogen and oxygen atoms in total. The van der Waals surface area contributed by atoms with Gasteiger partial charge in [-0.15, -0.1) is 0 Å². The standard InChI is InChI=1S/C15H19N3O4/c1-10(17-15(21)16-9-13(19)22-2)14(20)18-8-7-11-5-3-4-6-12(11)18/h3-6,10H,7-9H2,1-2H3,(H2,16,17,21)/t10-/m0/s1. The van der Waals surface area contributed by atoms with E-state index in [-0.39, 0.29) is 12.5 Å². The lowest BCUT2D eigenvalue weighted by molar-refractivity contribution is -0.139. The Hall–Kier alpha value is -2.57. The fourth-order valence-electron chi connectivity index (χ4n) is 2.33. The highest BCUT2D eigenvalue weighted by atomic mass is 16.5. The molecule has 0 spiro atoms. The molecule has 1 aromatic rings. The molecule has 1 aliphatic rings. The zero-order valence-electron chi connectivity index (χ0n) is 12.6. The summed E-state index contributed by atoms with van der Waals surface area (Å²) in [6.07, 6.45) is 0.809. The van der Waals surface area contributed by atoms with Gasteiger partial charge in [0.2, 0.25) is 5.91 Å². The van der Waals surface area contributed by atoms with Crippen molar-refractivity contribution in [3.05, 3.63) is 29.8 Å². The van der Waals surface area contributed by atoms with Gasteiger partial charge in [0.15, 0.2) is 0 Å². The zero-order valence-corrected chi connectivity index (χ0v) is 12.6. The molecule has 1 aromatic carbocycles. The smallest absolute Gasteiger partial charge is 0.325 e. The van der Waals surface area contributed by atoms with Gasteiger partial charge < -0.3 is 20.3 Å². The Morgan fingerprint density at radius 3 is 2.77 bits per heavy atom. The molecule has 2 N–H and O–H groups in total. The van der Waals surface area contributed by atoms with Crippen molar-refractivity contribution in [2.75, 3.05) is 25.1 Å². The van der Waals surface area contributed by atoms with Crippen LogP contribution in [0.3, 0.4) is 0 Å². The van der Waals surface area contributed by atoms with Crippen LogP contribution in [-0.4, -0.2) is 44.1 Å². The van der Waals surface area contributed by atoms with Gasteiger partial charge in [-0.1, -0.05) is 18.2 Å². The normalized spacial score (nSPS) is 14.0. The lowest BCUT2D eigenvalue weighted by atomic mass is 10.2. The fraction of sp³-hybridized carbons (Fsp3) is 0.400. The van der Waals surface area contributed by atoms with Crippen LogP contribution in [0.25, 0.3) is 0 Å². The molecular formula is C15H19N3O4. The average molecular weight is 305 g/mol. The fourth-order valence-corrected chi connectivity index (χ4v) is 2.33. The van der Waals surface area contributed by atoms with E-state index >= 15 is 0 Å². The van der Waals surface area contributed by atoms with Crippen molar-refractivity contribution in [2.45, 2.75) is 19.4 Å². The minimum atomic E-state index is -0.691. The number of hydrogen-bond acceptors (Lipinski definition) is 4. The van der Waals surface area contributed by atoms with Gasteiger partial charge >= 0.3 is 12.0 Å². The molecule has 118 valence electrons. The Labute approximate surface area is 128 Å². The molecule has 0 bridgehead atoms. The van der Waals surface area contributed by atoms with Gasteiger partial charge in [0.25, 0.3) is 0 Å². The molecule has 2 rings (SSSR count). The predicted octanol–water partition coefficient (Wildman–Crippen LogP) is 0.436. The van der Waals surface area contributed by atoms with Crippen molar-refractivity contribution >= 4 is 23.6 Å². The molecule has 0 fully saturated rings. The topological polar surface area (TPSA) is 87.7 Å². The number of carbonyl (C=O) groups excluding carboxylic acids is 3. The molecule has 3 amide bonds. The number of ether oxygens (including phenoxy) is 1. The van der Waals surface area contributed by atoms with Gasteiger partial charge in [-0.2, -0.15) is 0 Å². The molecule has 0 radical (unpaired) electrons. The van der Waals surface area contributed by atoms with E-state index in [2.05, 4.69) is 15.4 Å². The molecule has 0 saturated carbocycles. The number of nitrogens with zero attached hydrogens (tertiary/aromatic N) is 1. The van der Waals surface area contributed by atoms with Crippen molar-refractivity contribution in [1.29, 1.82) is 0 Å². The molecule has 7 heteroatoms. The van der Waals surface area contributed by atoms with Crippen molar-refractivity contribution < 1.29 is 19.1 Å². The Morgan fingerprint density at radius 2 is 2.05 bits per heavy atom. The van der Waals surface area contributed by atoms with E-state index < -0.39 is 18.0 Å². The monoisotopic (exact) mass is 305 g/mol. The van der Waals surface area contributed by atoms with Gasteiger partial charge in [0, 0.05) is 12.2 Å². The number of hydrogen-bond donors (Lipinski definition) is 2. The van der Waals surface area contributed by atoms with Crippen LogP contribution in [0.2, 0.25) is 0 Å². The summed E-state index contributed by atoms with van der Waals surface area (Å²) in [6, 6.07) is 6.43. The summed E-state index contributed by atoms with van der Waals surface area (Å²) in [5, 5.41) is 4.85. The van der Waals surface area contributed by atoms with E-state index in [0.717, 1.165) is 17.7 Å². The predicted molar refractivity (Wildman–Crippen MR) is 80.5 cm³/mol. The third kappa shape index (κ3) is 3.55. The highest BCUT2D eigenvalue weighted by Gasteiger charge is 2.28. The highest BCUT2D eigenvalue weighted by Crippen LogP contribution is 2.27. The number of anilines is 1. The number of nitrogens with one attached hydrogen (secondary N) is 2. The number of esters is 1. The number of carbonyl (C=O) groups is 3. The van der Waals surface area contributed by atoms with Crippen LogP contribution >= 0.6 is 0 Å². The maximum atomic E-state index is 12.4. The van der Waals surface area contributed by atoms with Gasteiger partial charge in [-0.25, -0.2) is 4.79 Å². The molecular weight excluding hydrogens is 286 g/mol. The summed E-state index contributed by atoms with van der Waals surface area (Å²) in [7, 11) is 1.24. The Balaban J connectivity index is 1.90. The minimum absolute atomic E-state index is 0.182. The first-order valence-corrected chi connectivity index (χ1v) is 7.03. The van der Waals surface area contributed by atoms with Gasteiger partial charge in [-0.3, -0.25) is 9.59 Å². The van der Waals surface area contributed by atoms with Crippen LogP contribution in [0, 0.1) is 0 Å². The molecule has 1 aliphatic heterocycles.